The van der Waals surface area contributed by atoms with Gasteiger partial charge in [-0.2, -0.15) is 0 Å². The first-order valence-corrected chi connectivity index (χ1v) is 5.64. The number of aryl methyl sites for hydroxylation is 1. The van der Waals surface area contributed by atoms with E-state index in [1.165, 1.54) is 7.11 Å². The Morgan fingerprint density at radius 2 is 2.00 bits per heavy atom. The van der Waals surface area contributed by atoms with E-state index in [0.717, 1.165) is 5.56 Å². The molecule has 0 fully saturated rings. The van der Waals surface area contributed by atoms with Gasteiger partial charge in [0.25, 0.3) is 0 Å². The fourth-order valence-electron chi connectivity index (χ4n) is 1.56. The lowest BCUT2D eigenvalue weighted by Crippen LogP contribution is -2.11. The highest BCUT2D eigenvalue weighted by molar-refractivity contribution is 5.94. The lowest BCUT2D eigenvalue weighted by Gasteiger charge is -2.13. The van der Waals surface area contributed by atoms with Gasteiger partial charge in [-0.3, -0.25) is 0 Å². The highest BCUT2D eigenvalue weighted by Gasteiger charge is 2.18. The Hall–Kier alpha value is -1.75. The minimum absolute atomic E-state index is 0.00793. The number of aliphatic hydroxyl groups is 1. The molecule has 1 aromatic carbocycles. The Bertz CT molecular complexity index is 414. The summed E-state index contributed by atoms with van der Waals surface area (Å²) in [6.07, 6.45) is 0.420. The molecular weight excluding hydrogens is 236 g/mol. The van der Waals surface area contributed by atoms with Crippen molar-refractivity contribution in [3.8, 4) is 11.5 Å². The van der Waals surface area contributed by atoms with Gasteiger partial charge >= 0.3 is 5.97 Å². The highest BCUT2D eigenvalue weighted by atomic mass is 16.5. The first kappa shape index (κ1) is 14.3. The van der Waals surface area contributed by atoms with Crippen LogP contribution in [0.15, 0.2) is 12.1 Å². The maximum atomic E-state index is 11.9. The van der Waals surface area contributed by atoms with E-state index in [1.54, 1.807) is 26.2 Å². The van der Waals surface area contributed by atoms with Gasteiger partial charge in [0.2, 0.25) is 0 Å². The summed E-state index contributed by atoms with van der Waals surface area (Å²) in [6, 6.07) is 3.38. The smallest absolute Gasteiger partial charge is 0.342 e. The van der Waals surface area contributed by atoms with Crippen molar-refractivity contribution in [1.82, 2.24) is 0 Å². The minimum atomic E-state index is -0.458. The van der Waals surface area contributed by atoms with E-state index in [-0.39, 0.29) is 13.2 Å². The van der Waals surface area contributed by atoms with Crippen LogP contribution >= 0.6 is 0 Å². The molecule has 0 aliphatic carbocycles. The molecule has 0 atom stereocenters. The van der Waals surface area contributed by atoms with E-state index in [9.17, 15) is 4.79 Å². The summed E-state index contributed by atoms with van der Waals surface area (Å²) in [5.74, 6) is 0.581. The number of methoxy groups -OCH3 is 2. The molecule has 18 heavy (non-hydrogen) atoms. The van der Waals surface area contributed by atoms with Crippen molar-refractivity contribution in [1.29, 1.82) is 0 Å². The lowest BCUT2D eigenvalue weighted by molar-refractivity contribution is 0.0477. The molecule has 5 heteroatoms. The van der Waals surface area contributed by atoms with E-state index < -0.39 is 5.97 Å². The van der Waals surface area contributed by atoms with Crippen molar-refractivity contribution in [2.24, 2.45) is 0 Å². The number of carbonyl (C=O) groups is 1. The Balaban J connectivity index is 2.96. The summed E-state index contributed by atoms with van der Waals surface area (Å²) in [6.45, 7) is 1.96. The number of hydrogen-bond acceptors (Lipinski definition) is 5. The first-order chi connectivity index (χ1) is 8.63. The predicted molar refractivity (Wildman–Crippen MR) is 66.3 cm³/mol. The van der Waals surface area contributed by atoms with Crippen LogP contribution in [0, 0.1) is 6.92 Å². The average Bonchev–Trinajstić information content (AvgIpc) is 2.37. The maximum Gasteiger partial charge on any atom is 0.342 e. The zero-order valence-corrected chi connectivity index (χ0v) is 10.9. The topological polar surface area (TPSA) is 65.0 Å². The summed E-state index contributed by atoms with van der Waals surface area (Å²) < 4.78 is 15.3. The second-order valence-electron chi connectivity index (χ2n) is 3.73. The van der Waals surface area contributed by atoms with Crippen LogP contribution in [-0.4, -0.2) is 38.5 Å². The second kappa shape index (κ2) is 6.86. The van der Waals surface area contributed by atoms with Gasteiger partial charge in [0, 0.05) is 19.1 Å². The Morgan fingerprint density at radius 1 is 1.28 bits per heavy atom. The maximum absolute atomic E-state index is 11.9. The molecule has 0 unspecified atom stereocenters. The molecular formula is C13H18O5. The number of esters is 1. The third kappa shape index (κ3) is 3.37. The molecule has 0 amide bonds. The molecule has 0 saturated carbocycles. The van der Waals surface area contributed by atoms with E-state index in [0.29, 0.717) is 23.5 Å². The van der Waals surface area contributed by atoms with E-state index in [4.69, 9.17) is 19.3 Å². The van der Waals surface area contributed by atoms with Crippen molar-refractivity contribution >= 4 is 5.97 Å². The molecule has 0 bridgehead atoms. The quantitative estimate of drug-likeness (QED) is 0.616. The monoisotopic (exact) mass is 254 g/mol. The summed E-state index contributed by atoms with van der Waals surface area (Å²) >= 11 is 0. The fraction of sp³-hybridized carbons (Fsp3) is 0.462. The van der Waals surface area contributed by atoms with Gasteiger partial charge in [-0.1, -0.05) is 0 Å². The molecule has 5 nitrogen and oxygen atoms in total. The van der Waals surface area contributed by atoms with Crippen LogP contribution in [0.5, 0.6) is 11.5 Å². The van der Waals surface area contributed by atoms with Crippen LogP contribution in [0.2, 0.25) is 0 Å². The Kier molecular flexibility index (Phi) is 5.45. The Morgan fingerprint density at radius 3 is 2.56 bits per heavy atom. The van der Waals surface area contributed by atoms with Gasteiger partial charge < -0.3 is 19.3 Å². The van der Waals surface area contributed by atoms with Crippen LogP contribution in [0.4, 0.5) is 0 Å². The van der Waals surface area contributed by atoms with Crippen LogP contribution in [0.1, 0.15) is 22.3 Å². The Labute approximate surface area is 106 Å². The number of rotatable bonds is 6. The fourth-order valence-corrected chi connectivity index (χ4v) is 1.56. The number of aliphatic hydroxyl groups excluding tert-OH is 1. The van der Waals surface area contributed by atoms with Gasteiger partial charge in [-0.25, -0.2) is 4.79 Å². The van der Waals surface area contributed by atoms with Gasteiger partial charge in [-0.05, 0) is 18.6 Å². The number of benzene rings is 1. The molecule has 0 saturated heterocycles. The third-order valence-corrected chi connectivity index (χ3v) is 2.47. The lowest BCUT2D eigenvalue weighted by atomic mass is 10.1. The molecule has 100 valence electrons. The zero-order chi connectivity index (χ0) is 13.5. The van der Waals surface area contributed by atoms with Crippen molar-refractivity contribution in [3.63, 3.8) is 0 Å². The molecule has 0 spiro atoms. The predicted octanol–water partition coefficient (Wildman–Crippen LogP) is 1.55. The van der Waals surface area contributed by atoms with E-state index in [1.807, 2.05) is 0 Å². The molecule has 1 aromatic rings. The molecule has 1 N–H and O–H groups in total. The van der Waals surface area contributed by atoms with Gasteiger partial charge in [-0.15, -0.1) is 0 Å². The highest BCUT2D eigenvalue weighted by Crippen LogP contribution is 2.28. The van der Waals surface area contributed by atoms with Crippen LogP contribution in [0.25, 0.3) is 0 Å². The van der Waals surface area contributed by atoms with Crippen LogP contribution < -0.4 is 9.47 Å². The third-order valence-electron chi connectivity index (χ3n) is 2.47. The molecule has 0 aromatic heterocycles. The van der Waals surface area contributed by atoms with Gasteiger partial charge in [0.15, 0.2) is 0 Å². The largest absolute Gasteiger partial charge is 0.497 e. The van der Waals surface area contributed by atoms with Crippen molar-refractivity contribution in [2.75, 3.05) is 27.4 Å². The minimum Gasteiger partial charge on any atom is -0.497 e. The van der Waals surface area contributed by atoms with Crippen molar-refractivity contribution in [3.05, 3.63) is 23.3 Å². The number of ether oxygens (including phenoxy) is 3. The molecule has 0 radical (unpaired) electrons. The van der Waals surface area contributed by atoms with Crippen LogP contribution in [-0.2, 0) is 4.74 Å². The number of hydrogen-bond donors (Lipinski definition) is 1. The van der Waals surface area contributed by atoms with Crippen LogP contribution in [0.3, 0.4) is 0 Å². The summed E-state index contributed by atoms with van der Waals surface area (Å²) in [4.78, 5) is 11.9. The molecule has 0 aliphatic rings. The van der Waals surface area contributed by atoms with E-state index in [2.05, 4.69) is 0 Å². The van der Waals surface area contributed by atoms with Gasteiger partial charge in [0.05, 0.1) is 20.8 Å². The second-order valence-corrected chi connectivity index (χ2v) is 3.73. The van der Waals surface area contributed by atoms with Crippen molar-refractivity contribution < 1.29 is 24.1 Å². The first-order valence-electron chi connectivity index (χ1n) is 5.64. The normalized spacial score (nSPS) is 10.0. The average molecular weight is 254 g/mol. The van der Waals surface area contributed by atoms with Gasteiger partial charge in [0.1, 0.15) is 17.1 Å². The summed E-state index contributed by atoms with van der Waals surface area (Å²) in [5.41, 5.74) is 1.11. The standard InChI is InChI=1S/C13H18O5/c1-9-7-10(16-2)8-11(17-3)12(9)13(15)18-6-4-5-14/h7-8,14H,4-6H2,1-3H3. The molecule has 1 rings (SSSR count). The summed E-state index contributed by atoms with van der Waals surface area (Å²) in [7, 11) is 3.03. The number of carbonyl (C=O) groups excluding carboxylic acids is 1. The molecule has 0 aliphatic heterocycles. The summed E-state index contributed by atoms with van der Waals surface area (Å²) in [5, 5.41) is 8.64. The van der Waals surface area contributed by atoms with E-state index >= 15 is 0 Å². The SMILES string of the molecule is COc1cc(C)c(C(=O)OCCCO)c(OC)c1. The molecule has 0 heterocycles. The zero-order valence-electron chi connectivity index (χ0n) is 10.9. The van der Waals surface area contributed by atoms with Crippen molar-refractivity contribution in [2.45, 2.75) is 13.3 Å².